The van der Waals surface area contributed by atoms with Gasteiger partial charge in [-0.2, -0.15) is 0 Å². The smallest absolute Gasteiger partial charge is 0.0908 e. The van der Waals surface area contributed by atoms with Crippen molar-refractivity contribution >= 4 is 11.6 Å². The third-order valence-corrected chi connectivity index (χ3v) is 5.74. The van der Waals surface area contributed by atoms with Gasteiger partial charge in [-0.25, -0.2) is 0 Å². The van der Waals surface area contributed by atoms with Crippen molar-refractivity contribution in [3.63, 3.8) is 0 Å². The number of fused-ring (bicyclic) bond motifs is 2. The third-order valence-electron chi connectivity index (χ3n) is 5.38. The van der Waals surface area contributed by atoms with Gasteiger partial charge in [0.05, 0.1) is 24.7 Å². The maximum absolute atomic E-state index is 9.45. The standard InChI is InChI=1S/C13H23ClO2/c1-12(2)9-4-5-13(12,3)11(6-9)16-8-10(15)7-14/h9-11,15H,4-8H2,1-3H3. The summed E-state index contributed by atoms with van der Waals surface area (Å²) in [6, 6.07) is 0. The molecule has 0 aromatic carbocycles. The van der Waals surface area contributed by atoms with Crippen molar-refractivity contribution in [3.05, 3.63) is 0 Å². The molecule has 1 N–H and O–H groups in total. The van der Waals surface area contributed by atoms with Crippen LogP contribution < -0.4 is 0 Å². The minimum atomic E-state index is -0.521. The average molecular weight is 247 g/mol. The molecule has 2 aliphatic carbocycles. The van der Waals surface area contributed by atoms with E-state index in [4.69, 9.17) is 16.3 Å². The van der Waals surface area contributed by atoms with Crippen molar-refractivity contribution in [2.75, 3.05) is 12.5 Å². The van der Waals surface area contributed by atoms with Gasteiger partial charge in [0, 0.05) is 0 Å². The molecule has 0 heterocycles. The molecular formula is C13H23ClO2. The average Bonchev–Trinajstić information content (AvgIpc) is 2.58. The summed E-state index contributed by atoms with van der Waals surface area (Å²) in [7, 11) is 0. The highest BCUT2D eigenvalue weighted by Crippen LogP contribution is 2.66. The molecule has 2 aliphatic rings. The Kier molecular flexibility index (Phi) is 3.28. The van der Waals surface area contributed by atoms with Crippen LogP contribution in [0.4, 0.5) is 0 Å². The second-order valence-electron chi connectivity index (χ2n) is 6.24. The Bertz CT molecular complexity index is 267. The minimum absolute atomic E-state index is 0.260. The Labute approximate surface area is 103 Å². The number of hydrogen-bond donors (Lipinski definition) is 1. The van der Waals surface area contributed by atoms with Crippen LogP contribution in [0.15, 0.2) is 0 Å². The first kappa shape index (κ1) is 12.7. The van der Waals surface area contributed by atoms with E-state index in [-0.39, 0.29) is 11.3 Å². The quantitative estimate of drug-likeness (QED) is 0.773. The highest BCUT2D eigenvalue weighted by molar-refractivity contribution is 6.18. The van der Waals surface area contributed by atoms with Gasteiger partial charge in [0.1, 0.15) is 0 Å². The fourth-order valence-corrected chi connectivity index (χ4v) is 3.74. The Morgan fingerprint density at radius 2 is 2.12 bits per heavy atom. The molecule has 0 spiro atoms. The second-order valence-corrected chi connectivity index (χ2v) is 6.55. The molecule has 16 heavy (non-hydrogen) atoms. The van der Waals surface area contributed by atoms with E-state index in [1.165, 1.54) is 12.8 Å². The summed E-state index contributed by atoms with van der Waals surface area (Å²) in [5, 5.41) is 9.45. The maximum Gasteiger partial charge on any atom is 0.0908 e. The molecule has 0 saturated heterocycles. The van der Waals surface area contributed by atoms with Crippen LogP contribution >= 0.6 is 11.6 Å². The van der Waals surface area contributed by atoms with Gasteiger partial charge in [0.25, 0.3) is 0 Å². The lowest BCUT2D eigenvalue weighted by molar-refractivity contribution is -0.0708. The Morgan fingerprint density at radius 3 is 2.56 bits per heavy atom. The lowest BCUT2D eigenvalue weighted by Crippen LogP contribution is -2.38. The minimum Gasteiger partial charge on any atom is -0.389 e. The number of ether oxygens (including phenoxy) is 1. The summed E-state index contributed by atoms with van der Waals surface area (Å²) in [6.07, 6.45) is 3.53. The summed E-state index contributed by atoms with van der Waals surface area (Å²) in [4.78, 5) is 0. The van der Waals surface area contributed by atoms with Crippen LogP contribution in [-0.2, 0) is 4.74 Å². The molecule has 0 aromatic heterocycles. The lowest BCUT2D eigenvalue weighted by Gasteiger charge is -2.39. The number of aliphatic hydroxyl groups is 1. The van der Waals surface area contributed by atoms with Crippen LogP contribution in [0.1, 0.15) is 40.0 Å². The molecule has 2 fully saturated rings. The van der Waals surface area contributed by atoms with Crippen LogP contribution in [0, 0.1) is 16.7 Å². The number of aliphatic hydroxyl groups excluding tert-OH is 1. The largest absolute Gasteiger partial charge is 0.389 e. The van der Waals surface area contributed by atoms with E-state index in [1.54, 1.807) is 0 Å². The molecule has 2 nitrogen and oxygen atoms in total. The molecule has 4 unspecified atom stereocenters. The van der Waals surface area contributed by atoms with Crippen LogP contribution in [0.3, 0.4) is 0 Å². The molecule has 2 bridgehead atoms. The molecule has 0 radical (unpaired) electrons. The predicted molar refractivity (Wildman–Crippen MR) is 65.7 cm³/mol. The van der Waals surface area contributed by atoms with E-state index < -0.39 is 6.10 Å². The van der Waals surface area contributed by atoms with E-state index in [0.717, 1.165) is 12.3 Å². The van der Waals surface area contributed by atoms with Crippen molar-refractivity contribution in [2.45, 2.75) is 52.2 Å². The van der Waals surface area contributed by atoms with Crippen molar-refractivity contribution < 1.29 is 9.84 Å². The molecule has 2 saturated carbocycles. The zero-order chi connectivity index (χ0) is 12.0. The highest BCUT2D eigenvalue weighted by atomic mass is 35.5. The van der Waals surface area contributed by atoms with Crippen LogP contribution in [0.25, 0.3) is 0 Å². The van der Waals surface area contributed by atoms with E-state index in [1.807, 2.05) is 0 Å². The lowest BCUT2D eigenvalue weighted by atomic mass is 9.70. The molecule has 0 aliphatic heterocycles. The number of halogens is 1. The van der Waals surface area contributed by atoms with Crippen molar-refractivity contribution in [1.29, 1.82) is 0 Å². The number of hydrogen-bond acceptors (Lipinski definition) is 2. The molecule has 94 valence electrons. The summed E-state index contributed by atoms with van der Waals surface area (Å²) < 4.78 is 5.89. The third kappa shape index (κ3) is 1.70. The molecule has 2 rings (SSSR count). The summed E-state index contributed by atoms with van der Waals surface area (Å²) in [5.74, 6) is 1.05. The fraction of sp³-hybridized carbons (Fsp3) is 1.00. The van der Waals surface area contributed by atoms with Gasteiger partial charge in [0.2, 0.25) is 0 Å². The maximum atomic E-state index is 9.45. The molecule has 0 aromatic rings. The van der Waals surface area contributed by atoms with Gasteiger partial charge >= 0.3 is 0 Å². The van der Waals surface area contributed by atoms with Crippen molar-refractivity contribution in [3.8, 4) is 0 Å². The first-order valence-electron chi connectivity index (χ1n) is 6.27. The molecule has 3 heteroatoms. The van der Waals surface area contributed by atoms with E-state index in [0.29, 0.717) is 18.1 Å². The zero-order valence-electron chi connectivity index (χ0n) is 10.5. The van der Waals surface area contributed by atoms with Gasteiger partial charge in [-0.1, -0.05) is 20.8 Å². The summed E-state index contributed by atoms with van der Waals surface area (Å²) in [6.45, 7) is 7.46. The topological polar surface area (TPSA) is 29.5 Å². The van der Waals surface area contributed by atoms with E-state index in [2.05, 4.69) is 20.8 Å². The number of alkyl halides is 1. The number of rotatable bonds is 4. The van der Waals surface area contributed by atoms with Gasteiger partial charge in [0.15, 0.2) is 0 Å². The normalized spacial score (nSPS) is 42.6. The molecule has 4 atom stereocenters. The monoisotopic (exact) mass is 246 g/mol. The van der Waals surface area contributed by atoms with E-state index in [9.17, 15) is 5.11 Å². The predicted octanol–water partition coefficient (Wildman–Crippen LogP) is 2.82. The van der Waals surface area contributed by atoms with Crippen molar-refractivity contribution in [2.24, 2.45) is 16.7 Å². The fourth-order valence-electron chi connectivity index (χ4n) is 3.65. The summed E-state index contributed by atoms with van der Waals surface area (Å²) in [5.41, 5.74) is 0.660. The van der Waals surface area contributed by atoms with E-state index >= 15 is 0 Å². The van der Waals surface area contributed by atoms with Crippen LogP contribution in [0.2, 0.25) is 0 Å². The second kappa shape index (κ2) is 4.15. The Hall–Kier alpha value is 0.210. The first-order chi connectivity index (χ1) is 7.41. The SMILES string of the molecule is CC1(C)C2CCC1(C)C(OCC(O)CCl)C2. The zero-order valence-corrected chi connectivity index (χ0v) is 11.3. The molecule has 0 amide bonds. The van der Waals surface area contributed by atoms with Gasteiger partial charge in [-0.05, 0) is 36.0 Å². The van der Waals surface area contributed by atoms with Gasteiger partial charge < -0.3 is 9.84 Å². The first-order valence-corrected chi connectivity index (χ1v) is 6.81. The van der Waals surface area contributed by atoms with Crippen LogP contribution in [0.5, 0.6) is 0 Å². The van der Waals surface area contributed by atoms with Gasteiger partial charge in [-0.3, -0.25) is 0 Å². The summed E-state index contributed by atoms with van der Waals surface area (Å²) >= 11 is 5.58. The van der Waals surface area contributed by atoms with Crippen molar-refractivity contribution in [1.82, 2.24) is 0 Å². The Balaban J connectivity index is 1.99. The highest BCUT2D eigenvalue weighted by Gasteiger charge is 2.61. The van der Waals surface area contributed by atoms with Gasteiger partial charge in [-0.15, -0.1) is 11.6 Å². The molecular weight excluding hydrogens is 224 g/mol. The Morgan fingerprint density at radius 1 is 1.44 bits per heavy atom. The van der Waals surface area contributed by atoms with Crippen LogP contribution in [-0.4, -0.2) is 29.8 Å².